The molecule has 0 heterocycles. The summed E-state index contributed by atoms with van der Waals surface area (Å²) in [6.07, 6.45) is 2.82. The summed E-state index contributed by atoms with van der Waals surface area (Å²) >= 11 is 1.84. The third-order valence-electron chi connectivity index (χ3n) is 4.90. The Balaban J connectivity index is 2.43. The maximum absolute atomic E-state index is 12.3. The molecule has 1 saturated carbocycles. The minimum atomic E-state index is -1.69. The van der Waals surface area contributed by atoms with E-state index in [4.69, 9.17) is 4.74 Å². The van der Waals surface area contributed by atoms with Crippen molar-refractivity contribution in [2.45, 2.75) is 55.3 Å². The van der Waals surface area contributed by atoms with Gasteiger partial charge in [0.15, 0.2) is 0 Å². The molecule has 1 aromatic carbocycles. The summed E-state index contributed by atoms with van der Waals surface area (Å²) in [5, 5.41) is 0. The molecule has 1 aromatic rings. The van der Waals surface area contributed by atoms with Crippen LogP contribution in [0.15, 0.2) is 35.2 Å². The first-order valence-electron chi connectivity index (χ1n) is 8.14. The second-order valence-electron chi connectivity index (χ2n) is 7.29. The van der Waals surface area contributed by atoms with Crippen LogP contribution in [0.1, 0.15) is 26.2 Å². The Morgan fingerprint density at radius 2 is 1.86 bits per heavy atom. The van der Waals surface area contributed by atoms with Crippen LogP contribution in [0.3, 0.4) is 0 Å². The van der Waals surface area contributed by atoms with Gasteiger partial charge in [0.1, 0.15) is 10.3 Å². The molecule has 1 aliphatic rings. The minimum absolute atomic E-state index is 0.0941. The van der Waals surface area contributed by atoms with Crippen molar-refractivity contribution in [1.29, 1.82) is 0 Å². The summed E-state index contributed by atoms with van der Waals surface area (Å²) in [4.78, 5) is 13.5. The number of hydrogen-bond acceptors (Lipinski definition) is 3. The van der Waals surface area contributed by atoms with Crippen molar-refractivity contribution in [2.24, 2.45) is 11.8 Å². The molecule has 0 radical (unpaired) electrons. The fraction of sp³-hybridized carbons (Fsp3) is 0.611. The standard InChI is InChI=1S/C18H28O2SSi/c1-14-16(12-9-13-17(14)19)18(20-2,22(3,4)5)21-15-10-7-6-8-11-15/h6-8,10-11,14,16H,9,12-13H2,1-5H3/t14-,16+,18?/m0/s1. The van der Waals surface area contributed by atoms with Gasteiger partial charge in [0.25, 0.3) is 0 Å². The van der Waals surface area contributed by atoms with Crippen molar-refractivity contribution in [1.82, 2.24) is 0 Å². The van der Waals surface area contributed by atoms with E-state index >= 15 is 0 Å². The molecule has 0 aliphatic heterocycles. The summed E-state index contributed by atoms with van der Waals surface area (Å²) in [5.41, 5.74) is 0. The highest BCUT2D eigenvalue weighted by Crippen LogP contribution is 2.51. The molecule has 0 bridgehead atoms. The third-order valence-corrected chi connectivity index (χ3v) is 11.0. The van der Waals surface area contributed by atoms with Crippen LogP contribution in [-0.2, 0) is 9.53 Å². The van der Waals surface area contributed by atoms with E-state index < -0.39 is 8.07 Å². The van der Waals surface area contributed by atoms with Gasteiger partial charge in [0, 0.05) is 30.3 Å². The van der Waals surface area contributed by atoms with Crippen LogP contribution in [0.2, 0.25) is 19.6 Å². The van der Waals surface area contributed by atoms with Crippen LogP contribution in [-0.4, -0.2) is 25.5 Å². The summed E-state index contributed by atoms with van der Waals surface area (Å²) in [7, 11) is 0.143. The number of carbonyl (C=O) groups excluding carboxylic acids is 1. The molecule has 2 nitrogen and oxygen atoms in total. The largest absolute Gasteiger partial charge is 0.371 e. The SMILES string of the molecule is COC(Sc1ccccc1)([C@@H]1CCCC(=O)[C@H]1C)[Si](C)(C)C. The summed E-state index contributed by atoms with van der Waals surface area (Å²) in [5.74, 6) is 0.803. The van der Waals surface area contributed by atoms with Gasteiger partial charge in [-0.05, 0) is 25.0 Å². The molecule has 3 atom stereocenters. The molecule has 122 valence electrons. The van der Waals surface area contributed by atoms with E-state index in [1.54, 1.807) is 0 Å². The lowest BCUT2D eigenvalue weighted by atomic mass is 9.79. The smallest absolute Gasteiger partial charge is 0.136 e. The normalized spacial score (nSPS) is 25.8. The predicted molar refractivity (Wildman–Crippen MR) is 96.9 cm³/mol. The number of thioether (sulfide) groups is 1. The average Bonchev–Trinajstić information content (AvgIpc) is 2.48. The Kier molecular flexibility index (Phi) is 5.57. The van der Waals surface area contributed by atoms with Gasteiger partial charge in [-0.15, -0.1) is 0 Å². The van der Waals surface area contributed by atoms with Gasteiger partial charge in [-0.25, -0.2) is 0 Å². The van der Waals surface area contributed by atoms with Crippen LogP contribution in [0, 0.1) is 11.8 Å². The Bertz CT molecular complexity index is 512. The zero-order valence-electron chi connectivity index (χ0n) is 14.4. The number of ketones is 1. The molecule has 22 heavy (non-hydrogen) atoms. The van der Waals surface area contributed by atoms with E-state index in [9.17, 15) is 4.79 Å². The molecular formula is C18H28O2SSi. The molecule has 2 rings (SSSR count). The average molecular weight is 337 g/mol. The first kappa shape index (κ1) is 17.8. The lowest BCUT2D eigenvalue weighted by Crippen LogP contribution is -2.59. The number of rotatable bonds is 5. The minimum Gasteiger partial charge on any atom is -0.371 e. The molecule has 1 aliphatic carbocycles. The summed E-state index contributed by atoms with van der Waals surface area (Å²) in [6.45, 7) is 9.18. The first-order chi connectivity index (χ1) is 10.3. The van der Waals surface area contributed by atoms with Gasteiger partial charge in [0.05, 0.1) is 8.07 Å². The van der Waals surface area contributed by atoms with Gasteiger partial charge in [-0.1, -0.05) is 56.5 Å². The molecule has 1 unspecified atom stereocenters. The van der Waals surface area contributed by atoms with Crippen LogP contribution >= 0.6 is 11.8 Å². The van der Waals surface area contributed by atoms with E-state index in [-0.39, 0.29) is 10.5 Å². The Morgan fingerprint density at radius 3 is 2.41 bits per heavy atom. The van der Waals surface area contributed by atoms with Crippen LogP contribution in [0.25, 0.3) is 0 Å². The molecule has 0 spiro atoms. The summed E-state index contributed by atoms with van der Waals surface area (Å²) in [6, 6.07) is 10.5. The highest BCUT2D eigenvalue weighted by molar-refractivity contribution is 8.02. The topological polar surface area (TPSA) is 26.3 Å². The number of methoxy groups -OCH3 is 1. The van der Waals surface area contributed by atoms with E-state index in [1.165, 1.54) is 4.90 Å². The predicted octanol–water partition coefficient (Wildman–Crippen LogP) is 5.00. The number of hydrogen-bond donors (Lipinski definition) is 0. The van der Waals surface area contributed by atoms with Crippen molar-refractivity contribution < 1.29 is 9.53 Å². The quantitative estimate of drug-likeness (QED) is 0.430. The molecule has 0 N–H and O–H groups in total. The zero-order valence-corrected chi connectivity index (χ0v) is 16.2. The van der Waals surface area contributed by atoms with E-state index in [0.717, 1.165) is 19.3 Å². The maximum Gasteiger partial charge on any atom is 0.136 e. The van der Waals surface area contributed by atoms with Crippen molar-refractivity contribution in [3.8, 4) is 0 Å². The van der Waals surface area contributed by atoms with Gasteiger partial charge < -0.3 is 4.74 Å². The van der Waals surface area contributed by atoms with Crippen LogP contribution in [0.5, 0.6) is 0 Å². The molecule has 1 fully saturated rings. The monoisotopic (exact) mass is 336 g/mol. The number of Topliss-reactive ketones (excluding diaryl/α,β-unsaturated/α-hetero) is 1. The fourth-order valence-electron chi connectivity index (χ4n) is 3.67. The highest BCUT2D eigenvalue weighted by atomic mass is 32.2. The molecule has 0 amide bonds. The van der Waals surface area contributed by atoms with Crippen LogP contribution < -0.4 is 0 Å². The van der Waals surface area contributed by atoms with Crippen molar-refractivity contribution in [2.75, 3.05) is 7.11 Å². The molecule has 0 aromatic heterocycles. The maximum atomic E-state index is 12.3. The number of ether oxygens (including phenoxy) is 1. The van der Waals surface area contributed by atoms with Gasteiger partial charge in [-0.2, -0.15) is 0 Å². The Morgan fingerprint density at radius 1 is 1.23 bits per heavy atom. The third kappa shape index (κ3) is 3.34. The van der Waals surface area contributed by atoms with Crippen LogP contribution in [0.4, 0.5) is 0 Å². The Labute approximate surface area is 140 Å². The zero-order chi connectivity index (χ0) is 16.4. The fourth-order valence-corrected chi connectivity index (χ4v) is 8.56. The van der Waals surface area contributed by atoms with Crippen molar-refractivity contribution in [3.05, 3.63) is 30.3 Å². The molecule has 4 heteroatoms. The highest BCUT2D eigenvalue weighted by Gasteiger charge is 2.54. The Hall–Kier alpha value is -0.583. The van der Waals surface area contributed by atoms with E-state index in [1.807, 2.05) is 24.9 Å². The first-order valence-corrected chi connectivity index (χ1v) is 12.5. The van der Waals surface area contributed by atoms with E-state index in [2.05, 4.69) is 50.8 Å². The molecular weight excluding hydrogens is 308 g/mol. The lowest BCUT2D eigenvalue weighted by Gasteiger charge is -2.50. The number of carbonyl (C=O) groups is 1. The number of benzene rings is 1. The van der Waals surface area contributed by atoms with Crippen molar-refractivity contribution in [3.63, 3.8) is 0 Å². The van der Waals surface area contributed by atoms with Gasteiger partial charge >= 0.3 is 0 Å². The van der Waals surface area contributed by atoms with Gasteiger partial charge in [0.2, 0.25) is 0 Å². The van der Waals surface area contributed by atoms with Crippen molar-refractivity contribution >= 4 is 25.6 Å². The summed E-state index contributed by atoms with van der Waals surface area (Å²) < 4.78 is 5.98. The molecule has 0 saturated heterocycles. The second-order valence-corrected chi connectivity index (χ2v) is 14.2. The second kappa shape index (κ2) is 6.89. The van der Waals surface area contributed by atoms with E-state index in [0.29, 0.717) is 11.7 Å². The lowest BCUT2D eigenvalue weighted by molar-refractivity contribution is -0.128. The van der Waals surface area contributed by atoms with Gasteiger partial charge in [-0.3, -0.25) is 4.79 Å².